The van der Waals surface area contributed by atoms with Crippen molar-refractivity contribution in [3.63, 3.8) is 0 Å². The number of aromatic nitrogens is 2. The number of imidazole rings is 1. The second-order valence-corrected chi connectivity index (χ2v) is 6.63. The summed E-state index contributed by atoms with van der Waals surface area (Å²) >= 11 is 0. The van der Waals surface area contributed by atoms with Gasteiger partial charge < -0.3 is 24.3 Å². The van der Waals surface area contributed by atoms with Crippen molar-refractivity contribution >= 4 is 10.8 Å². The fourth-order valence-electron chi connectivity index (χ4n) is 3.87. The molecule has 1 aromatic heterocycles. The molecule has 6 nitrogen and oxygen atoms in total. The Morgan fingerprint density at radius 2 is 1.80 bits per heavy atom. The minimum Gasteiger partial charge on any atom is -0.508 e. The zero-order valence-corrected chi connectivity index (χ0v) is 13.4. The number of hydrogen-bond donors (Lipinski definition) is 2. The SMILES string of the molecule is Oc1ccc2cc(-c3nccn3[C@H]3CO[C@H]4[C@@H]3OC[C@H]4O)ccc2c1. The quantitative estimate of drug-likeness (QED) is 0.748. The van der Waals surface area contributed by atoms with E-state index < -0.39 is 6.10 Å². The van der Waals surface area contributed by atoms with E-state index in [1.54, 1.807) is 18.3 Å². The number of rotatable bonds is 2. The lowest BCUT2D eigenvalue weighted by molar-refractivity contribution is 0.0172. The molecule has 2 fully saturated rings. The fraction of sp³-hybridized carbons (Fsp3) is 0.316. The summed E-state index contributed by atoms with van der Waals surface area (Å²) in [5.41, 5.74) is 0.991. The van der Waals surface area contributed by atoms with Crippen molar-refractivity contribution in [3.8, 4) is 17.1 Å². The van der Waals surface area contributed by atoms with Crippen LogP contribution >= 0.6 is 0 Å². The molecule has 0 aliphatic carbocycles. The normalized spacial score (nSPS) is 28.5. The molecule has 4 atom stereocenters. The topological polar surface area (TPSA) is 76.7 Å². The monoisotopic (exact) mass is 338 g/mol. The molecule has 3 heterocycles. The molecular weight excluding hydrogens is 320 g/mol. The van der Waals surface area contributed by atoms with Crippen LogP contribution in [0.4, 0.5) is 0 Å². The summed E-state index contributed by atoms with van der Waals surface area (Å²) in [6.45, 7) is 0.812. The Labute approximate surface area is 144 Å². The van der Waals surface area contributed by atoms with Crippen LogP contribution in [-0.4, -0.2) is 51.3 Å². The lowest BCUT2D eigenvalue weighted by Crippen LogP contribution is -2.30. The highest BCUT2D eigenvalue weighted by atomic mass is 16.6. The van der Waals surface area contributed by atoms with Crippen LogP contribution in [0.5, 0.6) is 5.75 Å². The number of hydrogen-bond acceptors (Lipinski definition) is 5. The third kappa shape index (κ3) is 2.33. The maximum absolute atomic E-state index is 9.95. The summed E-state index contributed by atoms with van der Waals surface area (Å²) in [4.78, 5) is 4.53. The summed E-state index contributed by atoms with van der Waals surface area (Å²) in [5, 5.41) is 21.6. The number of ether oxygens (including phenoxy) is 2. The Bertz CT molecular complexity index is 938. The number of aliphatic hydroxyl groups is 1. The fourth-order valence-corrected chi connectivity index (χ4v) is 3.87. The molecule has 25 heavy (non-hydrogen) atoms. The zero-order valence-electron chi connectivity index (χ0n) is 13.4. The lowest BCUT2D eigenvalue weighted by atomic mass is 10.0. The maximum Gasteiger partial charge on any atom is 0.140 e. The number of phenols is 1. The molecule has 0 unspecified atom stereocenters. The van der Waals surface area contributed by atoms with E-state index in [9.17, 15) is 10.2 Å². The van der Waals surface area contributed by atoms with E-state index in [1.807, 2.05) is 24.4 Å². The molecule has 0 amide bonds. The first-order valence-corrected chi connectivity index (χ1v) is 8.38. The van der Waals surface area contributed by atoms with Gasteiger partial charge in [-0.1, -0.05) is 18.2 Å². The van der Waals surface area contributed by atoms with E-state index in [2.05, 4.69) is 15.6 Å². The van der Waals surface area contributed by atoms with Crippen molar-refractivity contribution < 1.29 is 19.7 Å². The number of nitrogens with zero attached hydrogens (tertiary/aromatic N) is 2. The Morgan fingerprint density at radius 3 is 2.72 bits per heavy atom. The Hall–Kier alpha value is -2.41. The molecule has 6 heteroatoms. The molecule has 2 N–H and O–H groups in total. The molecule has 2 aliphatic heterocycles. The highest BCUT2D eigenvalue weighted by Crippen LogP contribution is 2.36. The van der Waals surface area contributed by atoms with Gasteiger partial charge in [0.25, 0.3) is 0 Å². The van der Waals surface area contributed by atoms with Crippen molar-refractivity contribution in [3.05, 3.63) is 48.8 Å². The van der Waals surface area contributed by atoms with Crippen LogP contribution in [0.15, 0.2) is 48.8 Å². The number of aromatic hydroxyl groups is 1. The molecule has 0 spiro atoms. The Kier molecular flexibility index (Phi) is 3.31. The number of phenolic OH excluding ortho intramolecular Hbond substituents is 1. The summed E-state index contributed by atoms with van der Waals surface area (Å²) < 4.78 is 13.6. The summed E-state index contributed by atoms with van der Waals surface area (Å²) in [6, 6.07) is 11.4. The van der Waals surface area contributed by atoms with E-state index in [4.69, 9.17) is 9.47 Å². The first-order chi connectivity index (χ1) is 12.2. The second kappa shape index (κ2) is 5.56. The number of benzene rings is 2. The van der Waals surface area contributed by atoms with E-state index in [1.165, 1.54) is 0 Å². The zero-order chi connectivity index (χ0) is 17.0. The first-order valence-electron chi connectivity index (χ1n) is 8.38. The molecule has 0 bridgehead atoms. The first kappa shape index (κ1) is 14.9. The average Bonchev–Trinajstić information content (AvgIpc) is 3.32. The van der Waals surface area contributed by atoms with E-state index in [0.29, 0.717) is 13.2 Å². The van der Waals surface area contributed by atoms with Crippen molar-refractivity contribution in [2.24, 2.45) is 0 Å². The van der Waals surface area contributed by atoms with Crippen molar-refractivity contribution in [2.75, 3.05) is 13.2 Å². The van der Waals surface area contributed by atoms with Crippen LogP contribution in [0.25, 0.3) is 22.2 Å². The molecule has 2 aliphatic rings. The summed E-state index contributed by atoms with van der Waals surface area (Å²) in [5.74, 6) is 1.10. The highest BCUT2D eigenvalue weighted by molar-refractivity contribution is 5.87. The Morgan fingerprint density at radius 1 is 1.00 bits per heavy atom. The summed E-state index contributed by atoms with van der Waals surface area (Å²) in [7, 11) is 0. The summed E-state index contributed by atoms with van der Waals surface area (Å²) in [6.07, 6.45) is 2.73. The largest absolute Gasteiger partial charge is 0.508 e. The van der Waals surface area contributed by atoms with Gasteiger partial charge in [0, 0.05) is 18.0 Å². The van der Waals surface area contributed by atoms with Crippen molar-refractivity contribution in [1.29, 1.82) is 0 Å². The second-order valence-electron chi connectivity index (χ2n) is 6.63. The van der Waals surface area contributed by atoms with E-state index in [0.717, 1.165) is 22.2 Å². The number of aliphatic hydroxyl groups excluding tert-OH is 1. The minimum atomic E-state index is -0.560. The van der Waals surface area contributed by atoms with Crippen LogP contribution in [0.2, 0.25) is 0 Å². The van der Waals surface area contributed by atoms with Crippen LogP contribution in [0, 0.1) is 0 Å². The molecule has 3 aromatic rings. The van der Waals surface area contributed by atoms with Crippen LogP contribution in [-0.2, 0) is 9.47 Å². The lowest BCUT2D eigenvalue weighted by Gasteiger charge is -2.19. The van der Waals surface area contributed by atoms with E-state index in [-0.39, 0.29) is 24.0 Å². The van der Waals surface area contributed by atoms with Gasteiger partial charge >= 0.3 is 0 Å². The van der Waals surface area contributed by atoms with Crippen LogP contribution in [0.3, 0.4) is 0 Å². The van der Waals surface area contributed by atoms with Gasteiger partial charge in [-0.25, -0.2) is 4.98 Å². The molecule has 2 aromatic carbocycles. The molecule has 0 saturated carbocycles. The van der Waals surface area contributed by atoms with Gasteiger partial charge in [-0.2, -0.15) is 0 Å². The van der Waals surface area contributed by atoms with Gasteiger partial charge in [-0.3, -0.25) is 0 Å². The van der Waals surface area contributed by atoms with Crippen LogP contribution < -0.4 is 0 Å². The van der Waals surface area contributed by atoms with Gasteiger partial charge in [0.15, 0.2) is 0 Å². The number of fused-ring (bicyclic) bond motifs is 2. The third-order valence-corrected chi connectivity index (χ3v) is 5.11. The standard InChI is InChI=1S/C19H18N2O4/c22-14-4-3-11-7-13(2-1-12(11)8-14)19-20-5-6-21(19)15-9-24-18-16(23)10-25-17(15)18/h1-8,15-18,22-23H,9-10H2/t15-,16+,17+,18+/m0/s1. The van der Waals surface area contributed by atoms with Crippen LogP contribution in [0.1, 0.15) is 6.04 Å². The minimum absolute atomic E-state index is 0.00448. The van der Waals surface area contributed by atoms with E-state index >= 15 is 0 Å². The van der Waals surface area contributed by atoms with Gasteiger partial charge in [0.1, 0.15) is 29.9 Å². The molecular formula is C19H18N2O4. The van der Waals surface area contributed by atoms with Crippen molar-refractivity contribution in [1.82, 2.24) is 9.55 Å². The van der Waals surface area contributed by atoms with Gasteiger partial charge in [0.2, 0.25) is 0 Å². The molecule has 0 radical (unpaired) electrons. The third-order valence-electron chi connectivity index (χ3n) is 5.11. The smallest absolute Gasteiger partial charge is 0.140 e. The van der Waals surface area contributed by atoms with Gasteiger partial charge in [-0.05, 0) is 29.0 Å². The Balaban J connectivity index is 1.54. The predicted molar refractivity (Wildman–Crippen MR) is 91.4 cm³/mol. The predicted octanol–water partition coefficient (Wildman–Crippen LogP) is 2.11. The van der Waals surface area contributed by atoms with Crippen molar-refractivity contribution in [2.45, 2.75) is 24.4 Å². The average molecular weight is 338 g/mol. The molecule has 2 saturated heterocycles. The molecule has 128 valence electrons. The highest BCUT2D eigenvalue weighted by Gasteiger charge is 2.48. The van der Waals surface area contributed by atoms with Gasteiger partial charge in [0.05, 0.1) is 19.3 Å². The molecule has 5 rings (SSSR count). The van der Waals surface area contributed by atoms with Gasteiger partial charge in [-0.15, -0.1) is 0 Å². The maximum atomic E-state index is 9.95.